The molecule has 9 aromatic carbocycles. The van der Waals surface area contributed by atoms with Crippen molar-refractivity contribution in [3.63, 3.8) is 0 Å². The van der Waals surface area contributed by atoms with Gasteiger partial charge in [0.15, 0.2) is 0 Å². The molecule has 274 valence electrons. The zero-order valence-electron chi connectivity index (χ0n) is 31.4. The number of furan rings is 2. The van der Waals surface area contributed by atoms with Gasteiger partial charge in [0.05, 0.1) is 20.8 Å². The van der Waals surface area contributed by atoms with E-state index in [1.807, 2.05) is 24.3 Å². The van der Waals surface area contributed by atoms with Crippen LogP contribution < -0.4 is 0 Å². The van der Waals surface area contributed by atoms with Crippen LogP contribution in [0.4, 0.5) is 0 Å². The molecule has 0 aliphatic heterocycles. The minimum Gasteiger partial charge on any atom is -0.456 e. The molecule has 0 fully saturated rings. The van der Waals surface area contributed by atoms with Crippen LogP contribution in [-0.4, -0.2) is 9.97 Å². The molecule has 4 aromatic heterocycles. The molecule has 0 atom stereocenters. The van der Waals surface area contributed by atoms with Crippen molar-refractivity contribution < 1.29 is 8.83 Å². The van der Waals surface area contributed by atoms with Crippen molar-refractivity contribution in [1.29, 1.82) is 0 Å². The summed E-state index contributed by atoms with van der Waals surface area (Å²) in [6.45, 7) is 0. The van der Waals surface area contributed by atoms with Crippen molar-refractivity contribution >= 4 is 98.8 Å². The highest BCUT2D eigenvalue weighted by Crippen LogP contribution is 2.47. The molecule has 0 saturated heterocycles. The van der Waals surface area contributed by atoms with Gasteiger partial charge in [-0.05, 0) is 105 Å². The number of thiophene rings is 1. The molecular formula is C54H30N2O2S. The lowest BCUT2D eigenvalue weighted by atomic mass is 9.93. The fraction of sp³-hybridized carbons (Fsp3) is 0. The molecule has 0 amide bonds. The topological polar surface area (TPSA) is 52.1 Å². The third-order valence-electron chi connectivity index (χ3n) is 11.9. The van der Waals surface area contributed by atoms with Crippen molar-refractivity contribution in [2.45, 2.75) is 0 Å². The second kappa shape index (κ2) is 12.4. The molecule has 0 spiro atoms. The first-order valence-electron chi connectivity index (χ1n) is 19.8. The maximum absolute atomic E-state index is 6.28. The van der Waals surface area contributed by atoms with Gasteiger partial charge in [-0.2, -0.15) is 0 Å². The summed E-state index contributed by atoms with van der Waals surface area (Å²) in [5.41, 5.74) is 13.8. The number of hydrogen-bond acceptors (Lipinski definition) is 5. The van der Waals surface area contributed by atoms with Crippen LogP contribution in [0.15, 0.2) is 191 Å². The highest BCUT2D eigenvalue weighted by molar-refractivity contribution is 7.20. The molecule has 59 heavy (non-hydrogen) atoms. The van der Waals surface area contributed by atoms with Gasteiger partial charge >= 0.3 is 0 Å². The number of aromatic nitrogens is 2. The van der Waals surface area contributed by atoms with Gasteiger partial charge in [-0.25, -0.2) is 9.97 Å². The van der Waals surface area contributed by atoms with Crippen LogP contribution in [0, 0.1) is 0 Å². The molecule has 0 bridgehead atoms. The number of nitrogens with zero attached hydrogens (tertiary/aromatic N) is 2. The van der Waals surface area contributed by atoms with Crippen LogP contribution in [0.25, 0.3) is 131 Å². The van der Waals surface area contributed by atoms with Gasteiger partial charge in [-0.3, -0.25) is 0 Å². The molecule has 0 saturated carbocycles. The minimum absolute atomic E-state index is 0.866. The number of benzene rings is 9. The molecule has 0 N–H and O–H groups in total. The SMILES string of the molecule is c1ccc(-c2ccc3c4ccc(-c5ccccc5)cc4c4nc5c(-c6ccc7oc8ccccc8c7c6)sc(-c6ccc7oc8ccccc8c7c6)c5nc4c3c2)cc1. The van der Waals surface area contributed by atoms with Crippen LogP contribution in [0.2, 0.25) is 0 Å². The van der Waals surface area contributed by atoms with Gasteiger partial charge < -0.3 is 8.83 Å². The molecule has 4 nitrogen and oxygen atoms in total. The lowest BCUT2D eigenvalue weighted by molar-refractivity contribution is 0.668. The van der Waals surface area contributed by atoms with E-state index in [9.17, 15) is 0 Å². The van der Waals surface area contributed by atoms with E-state index in [0.717, 1.165) is 131 Å². The first-order chi connectivity index (χ1) is 29.2. The second-order valence-corrected chi connectivity index (χ2v) is 16.3. The summed E-state index contributed by atoms with van der Waals surface area (Å²) in [4.78, 5) is 13.6. The normalized spacial score (nSPS) is 12.1. The predicted octanol–water partition coefficient (Wildman–Crippen LogP) is 15.6. The molecule has 5 heteroatoms. The lowest BCUT2D eigenvalue weighted by Crippen LogP contribution is -1.93. The van der Waals surface area contributed by atoms with Crippen LogP contribution >= 0.6 is 11.3 Å². The molecular weight excluding hydrogens is 741 g/mol. The smallest absolute Gasteiger partial charge is 0.135 e. The Balaban J connectivity index is 1.16. The molecule has 13 rings (SSSR count). The molecule has 0 radical (unpaired) electrons. The third kappa shape index (κ3) is 4.95. The summed E-state index contributed by atoms with van der Waals surface area (Å²) in [7, 11) is 0. The maximum atomic E-state index is 6.28. The molecule has 0 aliphatic carbocycles. The zero-order chi connectivity index (χ0) is 38.6. The Labute approximate surface area is 341 Å². The second-order valence-electron chi connectivity index (χ2n) is 15.2. The van der Waals surface area contributed by atoms with Crippen molar-refractivity contribution in [3.05, 3.63) is 182 Å². The number of fused-ring (bicyclic) bond motifs is 13. The van der Waals surface area contributed by atoms with Crippen molar-refractivity contribution in [2.24, 2.45) is 0 Å². The van der Waals surface area contributed by atoms with Gasteiger partial charge in [0.1, 0.15) is 33.4 Å². The van der Waals surface area contributed by atoms with E-state index >= 15 is 0 Å². The number of rotatable bonds is 4. The first-order valence-corrected chi connectivity index (χ1v) is 20.6. The number of hydrogen-bond donors (Lipinski definition) is 0. The lowest BCUT2D eigenvalue weighted by Gasteiger charge is -2.13. The summed E-state index contributed by atoms with van der Waals surface area (Å²) >= 11 is 1.75. The standard InChI is InChI=1S/C54H30N2O2S/c1-3-11-31(12-4-1)33-19-23-37-38-24-20-34(32-13-5-2-6-14-32)28-44(38)50-49(43(37)27-33)55-51-52(56-50)54(36-22-26-48-42(30-36)40-16-8-10-18-46(40)58-48)59-53(51)35-21-25-47-41(29-35)39-15-7-9-17-45(39)57-47/h1-30H. The maximum Gasteiger partial charge on any atom is 0.135 e. The van der Waals surface area contributed by atoms with Gasteiger partial charge in [0, 0.05) is 32.3 Å². The van der Waals surface area contributed by atoms with Crippen LogP contribution in [-0.2, 0) is 0 Å². The summed E-state index contributed by atoms with van der Waals surface area (Å²) in [6.07, 6.45) is 0. The fourth-order valence-corrected chi connectivity index (χ4v) is 10.2. The largest absolute Gasteiger partial charge is 0.456 e. The molecule has 0 aliphatic rings. The summed E-state index contributed by atoms with van der Waals surface area (Å²) in [5.74, 6) is 0. The van der Waals surface area contributed by atoms with Gasteiger partial charge in [-0.1, -0.05) is 121 Å². The van der Waals surface area contributed by atoms with Gasteiger partial charge in [-0.15, -0.1) is 11.3 Å². The van der Waals surface area contributed by atoms with E-state index in [1.165, 1.54) is 0 Å². The fourth-order valence-electron chi connectivity index (χ4n) is 9.02. The summed E-state index contributed by atoms with van der Waals surface area (Å²) < 4.78 is 12.6. The predicted molar refractivity (Wildman–Crippen MR) is 246 cm³/mol. The van der Waals surface area contributed by atoms with E-state index in [1.54, 1.807) is 11.3 Å². The Morgan fingerprint density at radius 3 is 1.14 bits per heavy atom. The summed E-state index contributed by atoms with van der Waals surface area (Å²) in [5, 5.41) is 8.83. The molecule has 13 aromatic rings. The van der Waals surface area contributed by atoms with Crippen molar-refractivity contribution in [3.8, 4) is 43.1 Å². The molecule has 0 unspecified atom stereocenters. The van der Waals surface area contributed by atoms with E-state index < -0.39 is 0 Å². The third-order valence-corrected chi connectivity index (χ3v) is 13.1. The van der Waals surface area contributed by atoms with E-state index in [-0.39, 0.29) is 0 Å². The first kappa shape index (κ1) is 32.5. The van der Waals surface area contributed by atoms with Crippen molar-refractivity contribution in [2.75, 3.05) is 0 Å². The van der Waals surface area contributed by atoms with Gasteiger partial charge in [0.2, 0.25) is 0 Å². The van der Waals surface area contributed by atoms with Crippen LogP contribution in [0.3, 0.4) is 0 Å². The van der Waals surface area contributed by atoms with E-state index in [4.69, 9.17) is 18.8 Å². The van der Waals surface area contributed by atoms with Gasteiger partial charge in [0.25, 0.3) is 0 Å². The van der Waals surface area contributed by atoms with E-state index in [0.29, 0.717) is 0 Å². The Morgan fingerprint density at radius 2 is 0.661 bits per heavy atom. The Hall–Kier alpha value is -7.60. The minimum atomic E-state index is 0.866. The molecule has 4 heterocycles. The van der Waals surface area contributed by atoms with E-state index in [2.05, 4.69) is 158 Å². The average molecular weight is 771 g/mol. The monoisotopic (exact) mass is 770 g/mol. The Kier molecular flexibility index (Phi) is 6.85. The average Bonchev–Trinajstić information content (AvgIpc) is 3.99. The van der Waals surface area contributed by atoms with Crippen molar-refractivity contribution in [1.82, 2.24) is 9.97 Å². The Morgan fingerprint density at radius 1 is 0.271 bits per heavy atom. The highest BCUT2D eigenvalue weighted by atomic mass is 32.1. The Bertz CT molecular complexity index is 3590. The zero-order valence-corrected chi connectivity index (χ0v) is 32.3. The number of para-hydroxylation sites is 2. The van der Waals surface area contributed by atoms with Crippen LogP contribution in [0.5, 0.6) is 0 Å². The van der Waals surface area contributed by atoms with Crippen LogP contribution in [0.1, 0.15) is 0 Å². The summed E-state index contributed by atoms with van der Waals surface area (Å²) in [6, 6.07) is 64.3. The quantitative estimate of drug-likeness (QED) is 0.167. The highest BCUT2D eigenvalue weighted by Gasteiger charge is 2.23.